The highest BCUT2D eigenvalue weighted by Gasteiger charge is 2.49. The largest absolute Gasteiger partial charge is 0.479 e. The normalized spacial score (nSPS) is 41.7. The third-order valence-corrected chi connectivity index (χ3v) is 3.54. The standard InChI is InChI=1S/C11H16O3/c1-2-11-6-4-3-5-8(11)7-9(14-11)10(12)13/h2,8-9H,1,3-7H2,(H,12,13)/t8-,9?,11-/m1/s1. The van der Waals surface area contributed by atoms with Gasteiger partial charge in [-0.1, -0.05) is 18.9 Å². The average Bonchev–Trinajstić information content (AvgIpc) is 2.57. The van der Waals surface area contributed by atoms with Gasteiger partial charge in [-0.25, -0.2) is 4.79 Å². The predicted octanol–water partition coefficient (Wildman–Crippen LogP) is 1.97. The number of carboxylic acid groups (broad SMARTS) is 1. The van der Waals surface area contributed by atoms with E-state index in [0.717, 1.165) is 19.3 Å². The topological polar surface area (TPSA) is 46.5 Å². The smallest absolute Gasteiger partial charge is 0.332 e. The minimum Gasteiger partial charge on any atom is -0.479 e. The quantitative estimate of drug-likeness (QED) is 0.687. The van der Waals surface area contributed by atoms with E-state index in [1.807, 2.05) is 6.08 Å². The van der Waals surface area contributed by atoms with Gasteiger partial charge in [-0.2, -0.15) is 0 Å². The molecule has 3 heteroatoms. The van der Waals surface area contributed by atoms with Gasteiger partial charge in [-0.05, 0) is 25.2 Å². The molecule has 2 aliphatic rings. The van der Waals surface area contributed by atoms with Crippen molar-refractivity contribution in [2.24, 2.45) is 5.92 Å². The number of hydrogen-bond acceptors (Lipinski definition) is 2. The van der Waals surface area contributed by atoms with Crippen molar-refractivity contribution in [3.05, 3.63) is 12.7 Å². The van der Waals surface area contributed by atoms with Crippen LogP contribution in [0.4, 0.5) is 0 Å². The maximum atomic E-state index is 10.8. The highest BCUT2D eigenvalue weighted by atomic mass is 16.5. The fourth-order valence-corrected chi connectivity index (χ4v) is 2.75. The van der Waals surface area contributed by atoms with Crippen LogP contribution >= 0.6 is 0 Å². The molecule has 3 atom stereocenters. The molecule has 2 fully saturated rings. The van der Waals surface area contributed by atoms with Gasteiger partial charge in [0.1, 0.15) is 0 Å². The molecule has 1 aliphatic carbocycles. The number of hydrogen-bond donors (Lipinski definition) is 1. The van der Waals surface area contributed by atoms with Crippen LogP contribution in [0.2, 0.25) is 0 Å². The summed E-state index contributed by atoms with van der Waals surface area (Å²) in [4.78, 5) is 10.8. The van der Waals surface area contributed by atoms with Crippen molar-refractivity contribution in [1.29, 1.82) is 0 Å². The van der Waals surface area contributed by atoms with Crippen molar-refractivity contribution in [3.63, 3.8) is 0 Å². The van der Waals surface area contributed by atoms with Gasteiger partial charge in [0.2, 0.25) is 0 Å². The molecule has 3 nitrogen and oxygen atoms in total. The number of rotatable bonds is 2. The lowest BCUT2D eigenvalue weighted by Gasteiger charge is -2.35. The fraction of sp³-hybridized carbons (Fsp3) is 0.727. The van der Waals surface area contributed by atoms with E-state index < -0.39 is 12.1 Å². The summed E-state index contributed by atoms with van der Waals surface area (Å²) >= 11 is 0. The molecule has 0 radical (unpaired) electrons. The third kappa shape index (κ3) is 1.36. The molecule has 1 aliphatic heterocycles. The van der Waals surface area contributed by atoms with Gasteiger partial charge >= 0.3 is 5.97 Å². The van der Waals surface area contributed by atoms with E-state index in [9.17, 15) is 4.79 Å². The van der Waals surface area contributed by atoms with Crippen molar-refractivity contribution >= 4 is 5.97 Å². The molecule has 0 aromatic heterocycles. The van der Waals surface area contributed by atoms with Gasteiger partial charge < -0.3 is 9.84 Å². The summed E-state index contributed by atoms with van der Waals surface area (Å²) in [5, 5.41) is 8.91. The average molecular weight is 196 g/mol. The molecule has 78 valence electrons. The lowest BCUT2D eigenvalue weighted by molar-refractivity contribution is -0.153. The van der Waals surface area contributed by atoms with E-state index in [0.29, 0.717) is 12.3 Å². The number of fused-ring (bicyclic) bond motifs is 1. The molecule has 0 amide bonds. The Hall–Kier alpha value is -0.830. The summed E-state index contributed by atoms with van der Waals surface area (Å²) in [6.45, 7) is 3.79. The second-order valence-corrected chi connectivity index (χ2v) is 4.28. The highest BCUT2D eigenvalue weighted by molar-refractivity contribution is 5.72. The monoisotopic (exact) mass is 196 g/mol. The van der Waals surface area contributed by atoms with Crippen LogP contribution in [-0.2, 0) is 9.53 Å². The van der Waals surface area contributed by atoms with Gasteiger partial charge in [-0.15, -0.1) is 6.58 Å². The molecule has 2 rings (SSSR count). The Kier molecular flexibility index (Phi) is 2.35. The van der Waals surface area contributed by atoms with Crippen LogP contribution in [-0.4, -0.2) is 22.8 Å². The van der Waals surface area contributed by atoms with Crippen LogP contribution in [0, 0.1) is 5.92 Å². The maximum Gasteiger partial charge on any atom is 0.332 e. The second kappa shape index (κ2) is 3.39. The SMILES string of the molecule is C=C[C@@]12CCCC[C@@H]1CC(C(=O)O)O2. The summed E-state index contributed by atoms with van der Waals surface area (Å²) in [7, 11) is 0. The van der Waals surface area contributed by atoms with E-state index in [1.54, 1.807) is 0 Å². The van der Waals surface area contributed by atoms with E-state index in [1.165, 1.54) is 6.42 Å². The van der Waals surface area contributed by atoms with Gasteiger partial charge in [-0.3, -0.25) is 0 Å². The molecule has 0 bridgehead atoms. The molecular weight excluding hydrogens is 180 g/mol. The number of aliphatic carboxylic acids is 1. The Morgan fingerprint density at radius 3 is 2.93 bits per heavy atom. The number of ether oxygens (including phenoxy) is 1. The summed E-state index contributed by atoms with van der Waals surface area (Å²) < 4.78 is 5.65. The van der Waals surface area contributed by atoms with Crippen molar-refractivity contribution in [3.8, 4) is 0 Å². The molecule has 1 heterocycles. The first-order valence-electron chi connectivity index (χ1n) is 5.22. The zero-order valence-electron chi connectivity index (χ0n) is 8.24. The Labute approximate surface area is 83.8 Å². The molecule has 1 saturated heterocycles. The third-order valence-electron chi connectivity index (χ3n) is 3.54. The van der Waals surface area contributed by atoms with E-state index in [2.05, 4.69) is 6.58 Å². The Balaban J connectivity index is 2.18. The zero-order valence-corrected chi connectivity index (χ0v) is 8.24. The second-order valence-electron chi connectivity index (χ2n) is 4.28. The fourth-order valence-electron chi connectivity index (χ4n) is 2.75. The van der Waals surface area contributed by atoms with Crippen LogP contribution in [0.15, 0.2) is 12.7 Å². The van der Waals surface area contributed by atoms with E-state index in [4.69, 9.17) is 9.84 Å². The van der Waals surface area contributed by atoms with E-state index >= 15 is 0 Å². The number of carbonyl (C=O) groups is 1. The Bertz CT molecular complexity index is 261. The zero-order chi connectivity index (χ0) is 10.2. The van der Waals surface area contributed by atoms with Crippen molar-refractivity contribution < 1.29 is 14.6 Å². The Morgan fingerprint density at radius 1 is 1.57 bits per heavy atom. The summed E-state index contributed by atoms with van der Waals surface area (Å²) in [5.74, 6) is -0.463. The summed E-state index contributed by atoms with van der Waals surface area (Å²) in [6.07, 6.45) is 6.18. The summed E-state index contributed by atoms with van der Waals surface area (Å²) in [6, 6.07) is 0. The minimum absolute atomic E-state index is 0.332. The molecule has 0 spiro atoms. The van der Waals surface area contributed by atoms with Crippen LogP contribution in [0.3, 0.4) is 0 Å². The van der Waals surface area contributed by atoms with Gasteiger partial charge in [0, 0.05) is 0 Å². The van der Waals surface area contributed by atoms with Gasteiger partial charge in [0.25, 0.3) is 0 Å². The predicted molar refractivity (Wildman–Crippen MR) is 52.0 cm³/mol. The van der Waals surface area contributed by atoms with Gasteiger partial charge in [0.05, 0.1) is 5.60 Å². The van der Waals surface area contributed by atoms with E-state index in [-0.39, 0.29) is 5.60 Å². The molecule has 14 heavy (non-hydrogen) atoms. The van der Waals surface area contributed by atoms with Gasteiger partial charge in [0.15, 0.2) is 6.10 Å². The number of carboxylic acids is 1. The lowest BCUT2D eigenvalue weighted by Crippen LogP contribution is -2.36. The van der Waals surface area contributed by atoms with Crippen LogP contribution in [0.1, 0.15) is 32.1 Å². The molecule has 0 aromatic carbocycles. The molecule has 0 aromatic rings. The Morgan fingerprint density at radius 2 is 2.36 bits per heavy atom. The first-order valence-corrected chi connectivity index (χ1v) is 5.22. The molecule has 1 unspecified atom stereocenters. The first kappa shape index (κ1) is 9.71. The van der Waals surface area contributed by atoms with Crippen molar-refractivity contribution in [1.82, 2.24) is 0 Å². The van der Waals surface area contributed by atoms with Crippen LogP contribution in [0.5, 0.6) is 0 Å². The van der Waals surface area contributed by atoms with Crippen LogP contribution in [0.25, 0.3) is 0 Å². The molecule has 1 saturated carbocycles. The van der Waals surface area contributed by atoms with Crippen molar-refractivity contribution in [2.75, 3.05) is 0 Å². The first-order chi connectivity index (χ1) is 6.68. The van der Waals surface area contributed by atoms with Crippen molar-refractivity contribution in [2.45, 2.75) is 43.8 Å². The lowest BCUT2D eigenvalue weighted by atomic mass is 9.75. The minimum atomic E-state index is -0.833. The molecule has 1 N–H and O–H groups in total. The molecular formula is C11H16O3. The maximum absolute atomic E-state index is 10.8. The summed E-state index contributed by atoms with van der Waals surface area (Å²) in [5.41, 5.74) is -0.332. The van der Waals surface area contributed by atoms with Crippen LogP contribution < -0.4 is 0 Å². The highest BCUT2D eigenvalue weighted by Crippen LogP contribution is 2.46.